The van der Waals surface area contributed by atoms with Crippen molar-refractivity contribution in [1.82, 2.24) is 4.57 Å². The smallest absolute Gasteiger partial charge is 0.252 e. The number of hydrogen-bond donors (Lipinski definition) is 0. The van der Waals surface area contributed by atoms with Gasteiger partial charge >= 0.3 is 0 Å². The van der Waals surface area contributed by atoms with Gasteiger partial charge in [0.25, 0.3) is 6.71 Å². The number of furan rings is 2. The van der Waals surface area contributed by atoms with Crippen LogP contribution in [0.1, 0.15) is 0 Å². The Balaban J connectivity index is 1.09. The van der Waals surface area contributed by atoms with Gasteiger partial charge in [-0.2, -0.15) is 0 Å². The van der Waals surface area contributed by atoms with Crippen LogP contribution < -0.4 is 21.3 Å². The molecule has 0 unspecified atom stereocenters. The fourth-order valence-corrected chi connectivity index (χ4v) is 11.4. The number of anilines is 3. The zero-order chi connectivity index (χ0) is 42.3. The van der Waals surface area contributed by atoms with Gasteiger partial charge in [-0.25, -0.2) is 0 Å². The van der Waals surface area contributed by atoms with Crippen LogP contribution >= 0.6 is 0 Å². The van der Waals surface area contributed by atoms with Gasteiger partial charge in [0, 0.05) is 66.5 Å². The van der Waals surface area contributed by atoms with Gasteiger partial charge < -0.3 is 18.3 Å². The quantitative estimate of drug-likeness (QED) is 0.166. The predicted octanol–water partition coefficient (Wildman–Crippen LogP) is 14.2. The minimum atomic E-state index is -0.0772. The highest BCUT2D eigenvalue weighted by Crippen LogP contribution is 2.48. The molecule has 0 aliphatic carbocycles. The molecule has 0 radical (unpaired) electrons. The van der Waals surface area contributed by atoms with E-state index in [1.807, 2.05) is 6.07 Å². The van der Waals surface area contributed by atoms with E-state index >= 15 is 0 Å². The third-order valence-electron chi connectivity index (χ3n) is 14.1. The van der Waals surface area contributed by atoms with Gasteiger partial charge in [0.2, 0.25) is 0 Å². The first-order valence-corrected chi connectivity index (χ1v) is 22.4. The van der Waals surface area contributed by atoms with Crippen LogP contribution in [0.4, 0.5) is 17.1 Å². The summed E-state index contributed by atoms with van der Waals surface area (Å²) in [5.74, 6) is 0. The molecule has 3 aromatic heterocycles. The van der Waals surface area contributed by atoms with E-state index in [9.17, 15) is 0 Å². The lowest BCUT2D eigenvalue weighted by molar-refractivity contribution is 0.669. The fourth-order valence-electron chi connectivity index (χ4n) is 11.4. The second-order valence-electron chi connectivity index (χ2n) is 17.6. The van der Waals surface area contributed by atoms with E-state index in [0.29, 0.717) is 0 Å². The van der Waals surface area contributed by atoms with Crippen molar-refractivity contribution in [2.24, 2.45) is 0 Å². The molecule has 0 fully saturated rings. The van der Waals surface area contributed by atoms with Gasteiger partial charge in [0.05, 0.1) is 11.2 Å². The van der Waals surface area contributed by atoms with Crippen molar-refractivity contribution in [3.05, 3.63) is 212 Å². The van der Waals surface area contributed by atoms with Crippen molar-refractivity contribution in [3.63, 3.8) is 0 Å². The lowest BCUT2D eigenvalue weighted by Gasteiger charge is -2.41. The van der Waals surface area contributed by atoms with Gasteiger partial charge in [-0.1, -0.05) is 152 Å². The molecular weight excluding hydrogens is 791 g/mol. The average molecular weight is 827 g/mol. The van der Waals surface area contributed by atoms with E-state index in [1.165, 1.54) is 55.1 Å². The first-order chi connectivity index (χ1) is 32.2. The zero-order valence-electron chi connectivity index (χ0n) is 35.0. The molecule has 0 spiro atoms. The summed E-state index contributed by atoms with van der Waals surface area (Å²) < 4.78 is 15.9. The summed E-state index contributed by atoms with van der Waals surface area (Å²) in [6, 6.07) is 77.4. The van der Waals surface area contributed by atoms with Crippen LogP contribution in [0.3, 0.4) is 0 Å². The average Bonchev–Trinajstić information content (AvgIpc) is 4.03. The van der Waals surface area contributed by atoms with Crippen molar-refractivity contribution in [3.8, 4) is 39.1 Å². The zero-order valence-corrected chi connectivity index (χ0v) is 35.0. The summed E-state index contributed by atoms with van der Waals surface area (Å²) in [5.41, 5.74) is 21.3. The fraction of sp³-hybridized carbons (Fsp3) is 0. The summed E-state index contributed by atoms with van der Waals surface area (Å²) in [4.78, 5) is 2.55. The second-order valence-corrected chi connectivity index (χ2v) is 17.6. The summed E-state index contributed by atoms with van der Waals surface area (Å²) in [6.07, 6.45) is 0. The molecule has 65 heavy (non-hydrogen) atoms. The number of nitrogens with zero attached hydrogens (tertiary/aromatic N) is 2. The summed E-state index contributed by atoms with van der Waals surface area (Å²) in [7, 11) is 0. The molecule has 0 atom stereocenters. The van der Waals surface area contributed by atoms with E-state index < -0.39 is 0 Å². The number of fused-ring (bicyclic) bond motifs is 13. The summed E-state index contributed by atoms with van der Waals surface area (Å²) >= 11 is 0. The molecule has 5 heteroatoms. The minimum absolute atomic E-state index is 0.0772. The second kappa shape index (κ2) is 13.0. The lowest BCUT2D eigenvalue weighted by atomic mass is 9.33. The summed E-state index contributed by atoms with van der Waals surface area (Å²) in [6.45, 7) is -0.0772. The summed E-state index contributed by atoms with van der Waals surface area (Å²) in [5, 5.41) is 6.93. The maximum atomic E-state index is 6.74. The molecule has 300 valence electrons. The first-order valence-electron chi connectivity index (χ1n) is 22.4. The molecule has 2 aliphatic rings. The van der Waals surface area contributed by atoms with Crippen LogP contribution in [0.25, 0.3) is 105 Å². The molecule has 0 amide bonds. The standard InChI is InChI=1S/C60H35BN2O2/c1-3-15-36(16-4-1)38-19-13-20-39(29-38)41-21-7-10-26-50(41)62-52-33-47-43-23-9-12-28-56(43)64-57(47)34-49(52)61-48-25-14-24-44-45-32-46-42-22-8-11-27-55(42)65-58(46)35-51(45)63(60(44)48)54-31-40(30-53(62)59(54)61)37-17-5-2-6-18-37/h1-35H. The monoisotopic (exact) mass is 826 g/mol. The number of para-hydroxylation sites is 4. The highest BCUT2D eigenvalue weighted by Gasteiger charge is 2.43. The van der Waals surface area contributed by atoms with Crippen molar-refractivity contribution >= 4 is 106 Å². The molecular formula is C60H35BN2O2. The number of hydrogen-bond acceptors (Lipinski definition) is 3. The maximum absolute atomic E-state index is 6.74. The molecule has 4 nitrogen and oxygen atoms in total. The third kappa shape index (κ3) is 4.87. The molecule has 0 saturated carbocycles. The SMILES string of the molecule is c1ccc(-c2cccc(-c3ccccc3N3c4cc5c(cc4B4c6c3cc(-c3ccccc3)cc6-n3c6cc7oc8ccccc8c7cc6c6cccc4c63)oc3ccccc35)c2)cc1. The molecule has 5 heterocycles. The van der Waals surface area contributed by atoms with Crippen molar-refractivity contribution in [2.45, 2.75) is 0 Å². The molecule has 2 aliphatic heterocycles. The largest absolute Gasteiger partial charge is 0.456 e. The third-order valence-corrected chi connectivity index (χ3v) is 14.1. The Labute approximate surface area is 373 Å². The lowest BCUT2D eigenvalue weighted by Crippen LogP contribution is -2.60. The molecule has 13 aromatic rings. The number of rotatable bonds is 4. The van der Waals surface area contributed by atoms with Crippen LogP contribution in [-0.2, 0) is 0 Å². The van der Waals surface area contributed by atoms with E-state index in [1.54, 1.807) is 0 Å². The van der Waals surface area contributed by atoms with E-state index in [2.05, 4.69) is 216 Å². The maximum Gasteiger partial charge on any atom is 0.252 e. The topological polar surface area (TPSA) is 34.5 Å². The van der Waals surface area contributed by atoms with Crippen molar-refractivity contribution in [2.75, 3.05) is 4.90 Å². The number of aromatic nitrogens is 1. The normalized spacial score (nSPS) is 12.9. The van der Waals surface area contributed by atoms with Crippen LogP contribution in [0.2, 0.25) is 0 Å². The van der Waals surface area contributed by atoms with Crippen LogP contribution in [0, 0.1) is 0 Å². The Hall–Kier alpha value is -8.54. The molecule has 0 N–H and O–H groups in total. The molecule has 0 saturated heterocycles. The first kappa shape index (κ1) is 35.0. The Bertz CT molecular complexity index is 4140. The minimum Gasteiger partial charge on any atom is -0.456 e. The number of benzene rings is 10. The Morgan fingerprint density at radius 2 is 0.923 bits per heavy atom. The van der Waals surface area contributed by atoms with Gasteiger partial charge in [-0.15, -0.1) is 0 Å². The van der Waals surface area contributed by atoms with Crippen molar-refractivity contribution < 1.29 is 8.83 Å². The highest BCUT2D eigenvalue weighted by atomic mass is 16.3. The van der Waals surface area contributed by atoms with E-state index in [0.717, 1.165) is 83.1 Å². The molecule has 0 bridgehead atoms. The Morgan fingerprint density at radius 3 is 1.71 bits per heavy atom. The van der Waals surface area contributed by atoms with Crippen molar-refractivity contribution in [1.29, 1.82) is 0 Å². The Kier molecular flexibility index (Phi) is 7.00. The molecule has 10 aromatic carbocycles. The van der Waals surface area contributed by atoms with Gasteiger partial charge in [0.15, 0.2) is 0 Å². The molecule has 15 rings (SSSR count). The van der Waals surface area contributed by atoms with Gasteiger partial charge in [-0.3, -0.25) is 0 Å². The van der Waals surface area contributed by atoms with Gasteiger partial charge in [0.1, 0.15) is 22.3 Å². The van der Waals surface area contributed by atoms with E-state index in [4.69, 9.17) is 8.83 Å². The van der Waals surface area contributed by atoms with Crippen LogP contribution in [-0.4, -0.2) is 11.3 Å². The highest BCUT2D eigenvalue weighted by molar-refractivity contribution is 7.00. The van der Waals surface area contributed by atoms with Crippen LogP contribution in [0.15, 0.2) is 221 Å². The van der Waals surface area contributed by atoms with E-state index in [-0.39, 0.29) is 6.71 Å². The van der Waals surface area contributed by atoms with Crippen LogP contribution in [0.5, 0.6) is 0 Å². The Morgan fingerprint density at radius 1 is 0.323 bits per heavy atom. The van der Waals surface area contributed by atoms with Gasteiger partial charge in [-0.05, 0) is 98.8 Å². The predicted molar refractivity (Wildman–Crippen MR) is 271 cm³/mol.